The number of ether oxygens (including phenoxy) is 2. The Labute approximate surface area is 180 Å². The highest BCUT2D eigenvalue weighted by molar-refractivity contribution is 6.06. The number of rotatable bonds is 8. The SMILES string of the molecule is COC(=O)c1ccc(CNC(=O)COc2ccccc2C(=O)Nc2ccccc2)cc1. The van der Waals surface area contributed by atoms with Crippen LogP contribution in [0.4, 0.5) is 5.69 Å². The molecule has 0 saturated heterocycles. The quantitative estimate of drug-likeness (QED) is 0.547. The highest BCUT2D eigenvalue weighted by Gasteiger charge is 2.13. The first-order valence-corrected chi connectivity index (χ1v) is 9.59. The van der Waals surface area contributed by atoms with E-state index in [0.717, 1.165) is 5.56 Å². The molecule has 0 aromatic heterocycles. The Morgan fingerprint density at radius 1 is 0.839 bits per heavy atom. The summed E-state index contributed by atoms with van der Waals surface area (Å²) in [6.07, 6.45) is 0. The summed E-state index contributed by atoms with van der Waals surface area (Å²) in [7, 11) is 1.32. The van der Waals surface area contributed by atoms with Gasteiger partial charge in [-0.3, -0.25) is 9.59 Å². The Hall–Kier alpha value is -4.13. The van der Waals surface area contributed by atoms with Crippen molar-refractivity contribution in [3.8, 4) is 5.75 Å². The lowest BCUT2D eigenvalue weighted by atomic mass is 10.1. The lowest BCUT2D eigenvalue weighted by Gasteiger charge is -2.12. The molecule has 0 fully saturated rings. The van der Waals surface area contributed by atoms with E-state index in [1.54, 1.807) is 60.7 Å². The van der Waals surface area contributed by atoms with Crippen molar-refractivity contribution in [2.24, 2.45) is 0 Å². The Morgan fingerprint density at radius 3 is 2.23 bits per heavy atom. The maximum Gasteiger partial charge on any atom is 0.337 e. The lowest BCUT2D eigenvalue weighted by molar-refractivity contribution is -0.123. The second-order valence-corrected chi connectivity index (χ2v) is 6.57. The molecule has 0 atom stereocenters. The van der Waals surface area contributed by atoms with E-state index < -0.39 is 5.97 Å². The maximum absolute atomic E-state index is 12.6. The van der Waals surface area contributed by atoms with Gasteiger partial charge >= 0.3 is 5.97 Å². The number of benzene rings is 3. The van der Waals surface area contributed by atoms with Gasteiger partial charge in [-0.25, -0.2) is 4.79 Å². The molecule has 31 heavy (non-hydrogen) atoms. The molecule has 158 valence electrons. The van der Waals surface area contributed by atoms with Crippen LogP contribution in [0.3, 0.4) is 0 Å². The van der Waals surface area contributed by atoms with Crippen molar-refractivity contribution in [1.82, 2.24) is 5.32 Å². The third kappa shape index (κ3) is 6.17. The van der Waals surface area contributed by atoms with Gasteiger partial charge in [0.05, 0.1) is 18.2 Å². The first kappa shape index (κ1) is 21.6. The van der Waals surface area contributed by atoms with Gasteiger partial charge in [0.15, 0.2) is 6.61 Å². The summed E-state index contributed by atoms with van der Waals surface area (Å²) in [4.78, 5) is 36.2. The summed E-state index contributed by atoms with van der Waals surface area (Å²) in [6, 6.07) is 22.5. The van der Waals surface area contributed by atoms with Crippen LogP contribution in [0.15, 0.2) is 78.9 Å². The summed E-state index contributed by atoms with van der Waals surface area (Å²) in [5.41, 5.74) is 2.26. The van der Waals surface area contributed by atoms with Gasteiger partial charge in [-0.15, -0.1) is 0 Å². The zero-order valence-electron chi connectivity index (χ0n) is 17.0. The van der Waals surface area contributed by atoms with Crippen molar-refractivity contribution < 1.29 is 23.9 Å². The van der Waals surface area contributed by atoms with Crippen LogP contribution in [0, 0.1) is 0 Å². The minimum Gasteiger partial charge on any atom is -0.483 e. The number of hydrogen-bond acceptors (Lipinski definition) is 5. The smallest absolute Gasteiger partial charge is 0.337 e. The van der Waals surface area contributed by atoms with Crippen LogP contribution in [-0.4, -0.2) is 31.5 Å². The van der Waals surface area contributed by atoms with Gasteiger partial charge in [0, 0.05) is 12.2 Å². The predicted molar refractivity (Wildman–Crippen MR) is 116 cm³/mol. The number of carbonyl (C=O) groups is 3. The molecule has 3 aromatic carbocycles. The standard InChI is InChI=1S/C24H22N2O5/c1-30-24(29)18-13-11-17(12-14-18)15-25-22(27)16-31-21-10-6-5-9-20(21)23(28)26-19-7-3-2-4-8-19/h2-14H,15-16H2,1H3,(H,25,27)(H,26,28). The van der Waals surface area contributed by atoms with Crippen molar-refractivity contribution in [2.45, 2.75) is 6.54 Å². The normalized spacial score (nSPS) is 10.1. The molecule has 0 spiro atoms. The Kier molecular flexibility index (Phi) is 7.37. The van der Waals surface area contributed by atoms with E-state index in [-0.39, 0.29) is 25.0 Å². The number of para-hydroxylation sites is 2. The van der Waals surface area contributed by atoms with Gasteiger partial charge < -0.3 is 20.1 Å². The minimum atomic E-state index is -0.418. The van der Waals surface area contributed by atoms with Gasteiger partial charge in [0.1, 0.15) is 5.75 Å². The van der Waals surface area contributed by atoms with Crippen LogP contribution >= 0.6 is 0 Å². The summed E-state index contributed by atoms with van der Waals surface area (Å²) >= 11 is 0. The molecule has 2 N–H and O–H groups in total. The molecule has 0 aliphatic carbocycles. The fourth-order valence-electron chi connectivity index (χ4n) is 2.77. The van der Waals surface area contributed by atoms with Crippen LogP contribution in [-0.2, 0) is 16.1 Å². The highest BCUT2D eigenvalue weighted by atomic mass is 16.5. The molecule has 0 unspecified atom stereocenters. The molecule has 0 aliphatic heterocycles. The van der Waals surface area contributed by atoms with E-state index in [1.807, 2.05) is 18.2 Å². The zero-order chi connectivity index (χ0) is 22.1. The molecule has 0 heterocycles. The van der Waals surface area contributed by atoms with Crippen molar-refractivity contribution >= 4 is 23.5 Å². The number of methoxy groups -OCH3 is 1. The van der Waals surface area contributed by atoms with Gasteiger partial charge in [-0.1, -0.05) is 42.5 Å². The number of hydrogen-bond donors (Lipinski definition) is 2. The first-order valence-electron chi connectivity index (χ1n) is 9.59. The third-order valence-corrected chi connectivity index (χ3v) is 4.39. The van der Waals surface area contributed by atoms with Gasteiger partial charge in [0.2, 0.25) is 0 Å². The molecular formula is C24H22N2O5. The molecule has 0 radical (unpaired) electrons. The van der Waals surface area contributed by atoms with Crippen LogP contribution in [0.5, 0.6) is 5.75 Å². The number of anilines is 1. The van der Waals surface area contributed by atoms with E-state index >= 15 is 0 Å². The first-order chi connectivity index (χ1) is 15.1. The molecule has 7 heteroatoms. The summed E-state index contributed by atoms with van der Waals surface area (Å²) in [6.45, 7) is 0.0374. The van der Waals surface area contributed by atoms with Gasteiger partial charge in [-0.05, 0) is 42.0 Å². The van der Waals surface area contributed by atoms with E-state index in [0.29, 0.717) is 22.6 Å². The average Bonchev–Trinajstić information content (AvgIpc) is 2.82. The summed E-state index contributed by atoms with van der Waals surface area (Å²) in [5, 5.41) is 5.54. The molecule has 0 saturated carbocycles. The maximum atomic E-state index is 12.6. The number of nitrogens with one attached hydrogen (secondary N) is 2. The van der Waals surface area contributed by atoms with E-state index in [4.69, 9.17) is 4.74 Å². The Morgan fingerprint density at radius 2 is 1.52 bits per heavy atom. The second-order valence-electron chi connectivity index (χ2n) is 6.57. The van der Waals surface area contributed by atoms with Crippen LogP contribution < -0.4 is 15.4 Å². The zero-order valence-corrected chi connectivity index (χ0v) is 17.0. The van der Waals surface area contributed by atoms with Crippen LogP contribution in [0.25, 0.3) is 0 Å². The fraction of sp³-hybridized carbons (Fsp3) is 0.125. The molecule has 0 bridgehead atoms. The molecule has 3 aromatic rings. The fourth-order valence-corrected chi connectivity index (χ4v) is 2.77. The van der Waals surface area contributed by atoms with E-state index in [9.17, 15) is 14.4 Å². The predicted octanol–water partition coefficient (Wildman–Crippen LogP) is 3.42. The summed E-state index contributed by atoms with van der Waals surface area (Å²) < 4.78 is 10.2. The van der Waals surface area contributed by atoms with Crippen molar-refractivity contribution in [3.63, 3.8) is 0 Å². The van der Waals surface area contributed by atoms with Crippen molar-refractivity contribution in [1.29, 1.82) is 0 Å². The van der Waals surface area contributed by atoms with E-state index in [2.05, 4.69) is 15.4 Å². The number of carbonyl (C=O) groups excluding carboxylic acids is 3. The largest absolute Gasteiger partial charge is 0.483 e. The molecule has 3 rings (SSSR count). The lowest BCUT2D eigenvalue weighted by Crippen LogP contribution is -2.28. The van der Waals surface area contributed by atoms with Crippen LogP contribution in [0.1, 0.15) is 26.3 Å². The minimum absolute atomic E-state index is 0.240. The molecule has 0 aliphatic rings. The average molecular weight is 418 g/mol. The highest BCUT2D eigenvalue weighted by Crippen LogP contribution is 2.19. The number of amides is 2. The monoisotopic (exact) mass is 418 g/mol. The second kappa shape index (κ2) is 10.6. The Bertz CT molecular complexity index is 1050. The molecule has 2 amide bonds. The van der Waals surface area contributed by atoms with Crippen molar-refractivity contribution in [3.05, 3.63) is 95.6 Å². The number of esters is 1. The third-order valence-electron chi connectivity index (χ3n) is 4.39. The summed E-state index contributed by atoms with van der Waals surface area (Å²) in [5.74, 6) is -0.768. The van der Waals surface area contributed by atoms with Crippen LogP contribution in [0.2, 0.25) is 0 Å². The van der Waals surface area contributed by atoms with Crippen molar-refractivity contribution in [2.75, 3.05) is 19.0 Å². The Balaban J connectivity index is 1.53. The topological polar surface area (TPSA) is 93.7 Å². The molecular weight excluding hydrogens is 396 g/mol. The van der Waals surface area contributed by atoms with E-state index in [1.165, 1.54) is 7.11 Å². The molecule has 7 nitrogen and oxygen atoms in total. The van der Waals surface area contributed by atoms with Gasteiger partial charge in [-0.2, -0.15) is 0 Å². The van der Waals surface area contributed by atoms with Gasteiger partial charge in [0.25, 0.3) is 11.8 Å².